The van der Waals surface area contributed by atoms with Crippen molar-refractivity contribution in [1.82, 2.24) is 15.0 Å². The van der Waals surface area contributed by atoms with Crippen LogP contribution in [0.2, 0.25) is 0 Å². The average molecular weight is 391 g/mol. The zero-order valence-electron chi connectivity index (χ0n) is 14.8. The lowest BCUT2D eigenvalue weighted by atomic mass is 10.2. The maximum absolute atomic E-state index is 12.1. The number of nitrogen functional groups attached to an aromatic ring is 1. The largest absolute Gasteiger partial charge is 0.368 e. The number of rotatable bonds is 7. The summed E-state index contributed by atoms with van der Waals surface area (Å²) in [5.41, 5.74) is 7.67. The van der Waals surface area contributed by atoms with Crippen LogP contribution >= 0.6 is 11.8 Å². The molecule has 3 aromatic rings. The molecule has 0 aliphatic heterocycles. The van der Waals surface area contributed by atoms with E-state index in [-0.39, 0.29) is 17.6 Å². The number of para-hydroxylation sites is 1. The Hall–Kier alpha value is -3.64. The number of nitrogens with one attached hydrogen (secondary N) is 2. The van der Waals surface area contributed by atoms with Crippen LogP contribution in [0.25, 0.3) is 0 Å². The highest BCUT2D eigenvalue weighted by Gasteiger charge is 2.08. The predicted molar refractivity (Wildman–Crippen MR) is 110 cm³/mol. The Balaban J connectivity index is 1.54. The van der Waals surface area contributed by atoms with E-state index in [0.29, 0.717) is 28.8 Å². The van der Waals surface area contributed by atoms with Gasteiger partial charge in [0.1, 0.15) is 5.82 Å². The van der Waals surface area contributed by atoms with Gasteiger partial charge in [0.2, 0.25) is 17.8 Å². The highest BCUT2D eigenvalue weighted by molar-refractivity contribution is 7.99. The summed E-state index contributed by atoms with van der Waals surface area (Å²) in [5.74, 6) is 1.39. The van der Waals surface area contributed by atoms with Gasteiger partial charge < -0.3 is 16.4 Å². The maximum atomic E-state index is 12.1. The molecule has 140 valence electrons. The van der Waals surface area contributed by atoms with Crippen LogP contribution in [-0.4, -0.2) is 26.6 Å². The van der Waals surface area contributed by atoms with E-state index in [4.69, 9.17) is 11.0 Å². The molecule has 2 aromatic carbocycles. The van der Waals surface area contributed by atoms with Crippen LogP contribution in [0.4, 0.5) is 23.3 Å². The first-order chi connectivity index (χ1) is 13.6. The van der Waals surface area contributed by atoms with Gasteiger partial charge in [-0.3, -0.25) is 4.79 Å². The zero-order valence-corrected chi connectivity index (χ0v) is 15.6. The van der Waals surface area contributed by atoms with Gasteiger partial charge in [0.15, 0.2) is 0 Å². The minimum absolute atomic E-state index is 0.113. The average Bonchev–Trinajstić information content (AvgIpc) is 2.68. The van der Waals surface area contributed by atoms with E-state index in [1.54, 1.807) is 24.3 Å². The first kappa shape index (κ1) is 19.1. The van der Waals surface area contributed by atoms with Gasteiger partial charge in [-0.1, -0.05) is 24.3 Å². The van der Waals surface area contributed by atoms with Crippen molar-refractivity contribution in [2.24, 2.45) is 0 Å². The molecule has 3 rings (SSSR count). The Morgan fingerprint density at radius 3 is 2.64 bits per heavy atom. The van der Waals surface area contributed by atoms with E-state index in [1.807, 2.05) is 36.4 Å². The van der Waals surface area contributed by atoms with Crippen molar-refractivity contribution in [2.45, 2.75) is 5.75 Å². The van der Waals surface area contributed by atoms with Crippen molar-refractivity contribution < 1.29 is 4.79 Å². The second-order valence-corrected chi connectivity index (χ2v) is 6.64. The van der Waals surface area contributed by atoms with Gasteiger partial charge >= 0.3 is 0 Å². The van der Waals surface area contributed by atoms with E-state index in [0.717, 1.165) is 5.69 Å². The highest BCUT2D eigenvalue weighted by Crippen LogP contribution is 2.16. The van der Waals surface area contributed by atoms with E-state index in [2.05, 4.69) is 25.6 Å². The normalized spacial score (nSPS) is 10.1. The van der Waals surface area contributed by atoms with Crippen molar-refractivity contribution in [3.63, 3.8) is 0 Å². The summed E-state index contributed by atoms with van der Waals surface area (Å²) in [6.07, 6.45) is 0. The summed E-state index contributed by atoms with van der Waals surface area (Å²) in [7, 11) is 0. The molecule has 0 saturated heterocycles. The monoisotopic (exact) mass is 391 g/mol. The molecule has 1 amide bonds. The molecule has 0 aliphatic carbocycles. The Labute approximate surface area is 166 Å². The second-order valence-electron chi connectivity index (χ2n) is 5.66. The van der Waals surface area contributed by atoms with Crippen molar-refractivity contribution in [2.75, 3.05) is 22.1 Å². The summed E-state index contributed by atoms with van der Waals surface area (Å²) in [4.78, 5) is 24.6. The third kappa shape index (κ3) is 5.69. The fraction of sp³-hybridized carbons (Fsp3) is 0.105. The summed E-state index contributed by atoms with van der Waals surface area (Å²) >= 11 is 1.35. The van der Waals surface area contributed by atoms with E-state index >= 15 is 0 Å². The standard InChI is InChI=1S/C19H17N7OS/c20-10-13-5-4-8-15(9-13)22-17(27)12-28-11-16-24-18(21)26-19(25-16)23-14-6-2-1-3-7-14/h1-9H,11-12H2,(H,22,27)(H3,21,23,24,25,26). The van der Waals surface area contributed by atoms with E-state index in [1.165, 1.54) is 11.8 Å². The summed E-state index contributed by atoms with van der Waals surface area (Å²) < 4.78 is 0. The van der Waals surface area contributed by atoms with Crippen LogP contribution in [0.15, 0.2) is 54.6 Å². The molecule has 28 heavy (non-hydrogen) atoms. The molecule has 8 nitrogen and oxygen atoms in total. The Kier molecular flexibility index (Phi) is 6.38. The Bertz CT molecular complexity index is 1000. The summed E-state index contributed by atoms with van der Waals surface area (Å²) in [5, 5.41) is 14.7. The van der Waals surface area contributed by atoms with E-state index < -0.39 is 0 Å². The molecular weight excluding hydrogens is 374 g/mol. The van der Waals surface area contributed by atoms with Gasteiger partial charge in [0, 0.05) is 11.4 Å². The molecular formula is C19H17N7OS. The number of hydrogen-bond acceptors (Lipinski definition) is 8. The van der Waals surface area contributed by atoms with Gasteiger partial charge in [0.25, 0.3) is 0 Å². The fourth-order valence-electron chi connectivity index (χ4n) is 2.31. The number of thioether (sulfide) groups is 1. The molecule has 0 bridgehead atoms. The van der Waals surface area contributed by atoms with Gasteiger partial charge in [0.05, 0.1) is 23.1 Å². The number of amides is 1. The fourth-order valence-corrected chi connectivity index (χ4v) is 2.98. The Morgan fingerprint density at radius 2 is 1.86 bits per heavy atom. The molecule has 1 heterocycles. The number of carbonyl (C=O) groups is 1. The quantitative estimate of drug-likeness (QED) is 0.560. The zero-order chi connectivity index (χ0) is 19.8. The number of nitriles is 1. The van der Waals surface area contributed by atoms with Crippen LogP contribution in [0.3, 0.4) is 0 Å². The highest BCUT2D eigenvalue weighted by atomic mass is 32.2. The number of nitrogens with two attached hydrogens (primary N) is 1. The van der Waals surface area contributed by atoms with Crippen molar-refractivity contribution in [1.29, 1.82) is 5.26 Å². The molecule has 0 aliphatic rings. The molecule has 0 atom stereocenters. The van der Waals surface area contributed by atoms with Crippen LogP contribution in [-0.2, 0) is 10.5 Å². The first-order valence-electron chi connectivity index (χ1n) is 8.32. The van der Waals surface area contributed by atoms with Crippen LogP contribution in [0, 0.1) is 11.3 Å². The molecule has 4 N–H and O–H groups in total. The number of hydrogen-bond donors (Lipinski definition) is 3. The lowest BCUT2D eigenvalue weighted by Gasteiger charge is -2.08. The molecule has 1 aromatic heterocycles. The van der Waals surface area contributed by atoms with Crippen molar-refractivity contribution in [3.8, 4) is 6.07 Å². The Morgan fingerprint density at radius 1 is 1.07 bits per heavy atom. The molecule has 0 unspecified atom stereocenters. The lowest BCUT2D eigenvalue weighted by molar-refractivity contribution is -0.113. The molecule has 0 saturated carbocycles. The summed E-state index contributed by atoms with van der Waals surface area (Å²) in [6, 6.07) is 18.3. The minimum atomic E-state index is -0.176. The first-order valence-corrected chi connectivity index (χ1v) is 9.48. The van der Waals surface area contributed by atoms with Crippen LogP contribution in [0.1, 0.15) is 11.4 Å². The number of anilines is 4. The number of benzene rings is 2. The third-order valence-corrected chi connectivity index (χ3v) is 4.40. The van der Waals surface area contributed by atoms with Gasteiger partial charge in [-0.15, -0.1) is 11.8 Å². The smallest absolute Gasteiger partial charge is 0.234 e. The molecule has 9 heteroatoms. The van der Waals surface area contributed by atoms with Gasteiger partial charge in [-0.25, -0.2) is 0 Å². The van der Waals surface area contributed by atoms with E-state index in [9.17, 15) is 4.79 Å². The third-order valence-electron chi connectivity index (χ3n) is 3.47. The topological polar surface area (TPSA) is 130 Å². The SMILES string of the molecule is N#Cc1cccc(NC(=O)CSCc2nc(N)nc(Nc3ccccc3)n2)c1. The number of aromatic nitrogens is 3. The second kappa shape index (κ2) is 9.34. The molecule has 0 spiro atoms. The van der Waals surface area contributed by atoms with Crippen molar-refractivity contribution in [3.05, 3.63) is 66.0 Å². The maximum Gasteiger partial charge on any atom is 0.234 e. The number of nitrogens with zero attached hydrogens (tertiary/aromatic N) is 4. The molecule has 0 fully saturated rings. The van der Waals surface area contributed by atoms with Crippen LogP contribution in [0.5, 0.6) is 0 Å². The minimum Gasteiger partial charge on any atom is -0.368 e. The van der Waals surface area contributed by atoms with Crippen molar-refractivity contribution >= 4 is 40.9 Å². The summed E-state index contributed by atoms with van der Waals surface area (Å²) in [6.45, 7) is 0. The lowest BCUT2D eigenvalue weighted by Crippen LogP contribution is -2.14. The van der Waals surface area contributed by atoms with Crippen LogP contribution < -0.4 is 16.4 Å². The predicted octanol–water partition coefficient (Wildman–Crippen LogP) is 2.94. The number of carbonyl (C=O) groups excluding carboxylic acids is 1. The molecule has 0 radical (unpaired) electrons. The van der Waals surface area contributed by atoms with Gasteiger partial charge in [-0.05, 0) is 30.3 Å². The van der Waals surface area contributed by atoms with Gasteiger partial charge in [-0.2, -0.15) is 20.2 Å².